The number of nitrogens with one attached hydrogen (secondary N) is 1. The molecule has 0 aromatic heterocycles. The van der Waals surface area contributed by atoms with Crippen LogP contribution in [0.3, 0.4) is 0 Å². The van der Waals surface area contributed by atoms with E-state index in [1.165, 1.54) is 4.90 Å². The number of carboxylic acid groups (broad SMARTS) is 1. The van der Waals surface area contributed by atoms with Crippen molar-refractivity contribution in [3.05, 3.63) is 0 Å². The van der Waals surface area contributed by atoms with E-state index in [1.807, 2.05) is 0 Å². The van der Waals surface area contributed by atoms with Gasteiger partial charge in [0.15, 0.2) is 0 Å². The highest BCUT2D eigenvalue weighted by atomic mass is 16.4. The van der Waals surface area contributed by atoms with E-state index in [-0.39, 0.29) is 11.8 Å². The van der Waals surface area contributed by atoms with Crippen LogP contribution < -0.4 is 16.8 Å². The highest BCUT2D eigenvalue weighted by Crippen LogP contribution is 2.20. The topological polar surface area (TPSA) is 139 Å². The van der Waals surface area contributed by atoms with Gasteiger partial charge in [-0.05, 0) is 38.1 Å². The van der Waals surface area contributed by atoms with Gasteiger partial charge in [0.2, 0.25) is 11.8 Å². The summed E-state index contributed by atoms with van der Waals surface area (Å²) in [5.41, 5.74) is 11.4. The number of carbonyl (C=O) groups excluding carboxylic acids is 2. The molecular formula is C16H30N4O4. The smallest absolute Gasteiger partial charge is 0.326 e. The lowest BCUT2D eigenvalue weighted by molar-refractivity contribution is -0.145. The van der Waals surface area contributed by atoms with Crippen molar-refractivity contribution in [2.45, 2.75) is 64.1 Å². The monoisotopic (exact) mass is 342 g/mol. The first-order valence-electron chi connectivity index (χ1n) is 8.58. The summed E-state index contributed by atoms with van der Waals surface area (Å²) in [5.74, 6) is -1.99. The number of rotatable bonds is 9. The number of hydrogen-bond donors (Lipinski definition) is 4. The number of unbranched alkanes of at least 4 members (excludes halogenated alkanes) is 1. The standard InChI is InChI=1S/C16H30N4O4/c1-10(2)13(16(23)24)19-14(21)12-7-5-9-20(12)15(22)11(18)6-3-4-8-17/h10-13H,3-9,17-18H2,1-2H3,(H,19,21)(H,23,24)/t11-,12+,13-/m0/s1. The molecule has 0 unspecified atom stereocenters. The molecular weight excluding hydrogens is 312 g/mol. The second-order valence-corrected chi connectivity index (χ2v) is 6.65. The molecule has 0 saturated carbocycles. The van der Waals surface area contributed by atoms with Crippen LogP contribution in [0.15, 0.2) is 0 Å². The molecule has 2 amide bonds. The first-order chi connectivity index (χ1) is 11.3. The minimum Gasteiger partial charge on any atom is -0.480 e. The Hall–Kier alpha value is -1.67. The number of hydrogen-bond acceptors (Lipinski definition) is 5. The van der Waals surface area contributed by atoms with Crippen LogP contribution in [0.4, 0.5) is 0 Å². The first-order valence-corrected chi connectivity index (χ1v) is 8.58. The van der Waals surface area contributed by atoms with Crippen molar-refractivity contribution in [1.82, 2.24) is 10.2 Å². The van der Waals surface area contributed by atoms with Crippen LogP contribution in [0, 0.1) is 5.92 Å². The lowest BCUT2D eigenvalue weighted by Crippen LogP contribution is -2.54. The largest absolute Gasteiger partial charge is 0.480 e. The Kier molecular flexibility index (Phi) is 8.14. The Morgan fingerprint density at radius 2 is 1.96 bits per heavy atom. The third-order valence-electron chi connectivity index (χ3n) is 4.36. The second kappa shape index (κ2) is 9.58. The highest BCUT2D eigenvalue weighted by Gasteiger charge is 2.37. The molecule has 0 radical (unpaired) electrons. The van der Waals surface area contributed by atoms with E-state index in [4.69, 9.17) is 11.5 Å². The molecule has 0 aliphatic carbocycles. The lowest BCUT2D eigenvalue weighted by Gasteiger charge is -2.28. The first kappa shape index (κ1) is 20.4. The SMILES string of the molecule is CC(C)[C@H](NC(=O)[C@H]1CCCN1C(=O)[C@@H](N)CCCCN)C(=O)O. The minimum absolute atomic E-state index is 0.240. The maximum absolute atomic E-state index is 12.5. The fourth-order valence-corrected chi connectivity index (χ4v) is 2.91. The van der Waals surface area contributed by atoms with Crippen molar-refractivity contribution < 1.29 is 19.5 Å². The van der Waals surface area contributed by atoms with Crippen molar-refractivity contribution in [2.75, 3.05) is 13.1 Å². The predicted molar refractivity (Wildman–Crippen MR) is 90.0 cm³/mol. The van der Waals surface area contributed by atoms with Crippen molar-refractivity contribution in [3.8, 4) is 0 Å². The molecule has 1 saturated heterocycles. The average molecular weight is 342 g/mol. The summed E-state index contributed by atoms with van der Waals surface area (Å²) in [6.07, 6.45) is 3.34. The number of aliphatic carboxylic acids is 1. The van der Waals surface area contributed by atoms with E-state index in [2.05, 4.69) is 5.32 Å². The van der Waals surface area contributed by atoms with Gasteiger partial charge < -0.3 is 26.8 Å². The van der Waals surface area contributed by atoms with Crippen molar-refractivity contribution in [1.29, 1.82) is 0 Å². The van der Waals surface area contributed by atoms with Gasteiger partial charge in [0.1, 0.15) is 12.1 Å². The molecule has 24 heavy (non-hydrogen) atoms. The normalized spacial score (nSPS) is 20.0. The zero-order valence-corrected chi connectivity index (χ0v) is 14.5. The Balaban J connectivity index is 2.68. The van der Waals surface area contributed by atoms with Gasteiger partial charge >= 0.3 is 5.97 Å². The second-order valence-electron chi connectivity index (χ2n) is 6.65. The van der Waals surface area contributed by atoms with E-state index in [1.54, 1.807) is 13.8 Å². The third kappa shape index (κ3) is 5.45. The molecule has 8 nitrogen and oxygen atoms in total. The summed E-state index contributed by atoms with van der Waals surface area (Å²) >= 11 is 0. The van der Waals surface area contributed by atoms with Crippen LogP contribution in [0.1, 0.15) is 46.0 Å². The number of carbonyl (C=O) groups is 3. The molecule has 8 heteroatoms. The van der Waals surface area contributed by atoms with Crippen molar-refractivity contribution in [3.63, 3.8) is 0 Å². The molecule has 0 bridgehead atoms. The molecule has 6 N–H and O–H groups in total. The zero-order valence-electron chi connectivity index (χ0n) is 14.5. The Bertz CT molecular complexity index is 455. The van der Waals surface area contributed by atoms with Crippen LogP contribution in [0.5, 0.6) is 0 Å². The van der Waals surface area contributed by atoms with E-state index in [0.717, 1.165) is 12.8 Å². The molecule has 1 heterocycles. The fraction of sp³-hybridized carbons (Fsp3) is 0.812. The Morgan fingerprint density at radius 1 is 1.29 bits per heavy atom. The maximum Gasteiger partial charge on any atom is 0.326 e. The molecule has 1 fully saturated rings. The van der Waals surface area contributed by atoms with Crippen LogP contribution in [-0.2, 0) is 14.4 Å². The van der Waals surface area contributed by atoms with E-state index >= 15 is 0 Å². The number of carboxylic acids is 1. The fourth-order valence-electron chi connectivity index (χ4n) is 2.91. The number of likely N-dealkylation sites (tertiary alicyclic amines) is 1. The zero-order chi connectivity index (χ0) is 18.3. The molecule has 1 aliphatic rings. The van der Waals surface area contributed by atoms with Gasteiger partial charge in [0.05, 0.1) is 6.04 Å². The summed E-state index contributed by atoms with van der Waals surface area (Å²) in [6.45, 7) is 4.48. The van der Waals surface area contributed by atoms with Crippen LogP contribution in [0.25, 0.3) is 0 Å². The molecule has 1 aliphatic heterocycles. The maximum atomic E-state index is 12.5. The molecule has 0 aromatic rings. The summed E-state index contributed by atoms with van der Waals surface area (Å²) in [5, 5.41) is 11.7. The summed E-state index contributed by atoms with van der Waals surface area (Å²) in [7, 11) is 0. The summed E-state index contributed by atoms with van der Waals surface area (Å²) in [6, 6.07) is -2.25. The van der Waals surface area contributed by atoms with Gasteiger partial charge in [-0.2, -0.15) is 0 Å². The van der Waals surface area contributed by atoms with Crippen LogP contribution in [-0.4, -0.2) is 59.0 Å². The van der Waals surface area contributed by atoms with Gasteiger partial charge in [0, 0.05) is 6.54 Å². The summed E-state index contributed by atoms with van der Waals surface area (Å²) in [4.78, 5) is 37.6. The van der Waals surface area contributed by atoms with Crippen LogP contribution >= 0.6 is 0 Å². The molecule has 1 rings (SSSR count). The van der Waals surface area contributed by atoms with Gasteiger partial charge in [-0.1, -0.05) is 20.3 Å². The lowest BCUT2D eigenvalue weighted by atomic mass is 10.0. The Labute approximate surface area is 142 Å². The van der Waals surface area contributed by atoms with Crippen LogP contribution in [0.2, 0.25) is 0 Å². The third-order valence-corrected chi connectivity index (χ3v) is 4.36. The quantitative estimate of drug-likeness (QED) is 0.423. The number of nitrogens with two attached hydrogens (primary N) is 2. The van der Waals surface area contributed by atoms with Gasteiger partial charge in [0.25, 0.3) is 0 Å². The van der Waals surface area contributed by atoms with Gasteiger partial charge in [-0.15, -0.1) is 0 Å². The van der Waals surface area contributed by atoms with Gasteiger partial charge in [-0.25, -0.2) is 4.79 Å². The predicted octanol–water partition coefficient (Wildman–Crippen LogP) is -0.341. The molecule has 138 valence electrons. The van der Waals surface area contributed by atoms with E-state index in [0.29, 0.717) is 32.4 Å². The number of amides is 2. The number of nitrogens with zero attached hydrogens (tertiary/aromatic N) is 1. The van der Waals surface area contributed by atoms with E-state index < -0.39 is 30.0 Å². The van der Waals surface area contributed by atoms with Crippen molar-refractivity contribution >= 4 is 17.8 Å². The molecule has 0 aromatic carbocycles. The van der Waals surface area contributed by atoms with E-state index in [9.17, 15) is 19.5 Å². The molecule has 3 atom stereocenters. The minimum atomic E-state index is -1.08. The summed E-state index contributed by atoms with van der Waals surface area (Å²) < 4.78 is 0. The highest BCUT2D eigenvalue weighted by molar-refractivity contribution is 5.92. The van der Waals surface area contributed by atoms with Gasteiger partial charge in [-0.3, -0.25) is 9.59 Å². The molecule has 0 spiro atoms. The van der Waals surface area contributed by atoms with Crippen molar-refractivity contribution in [2.24, 2.45) is 17.4 Å². The average Bonchev–Trinajstić information content (AvgIpc) is 3.00. The Morgan fingerprint density at radius 3 is 2.50 bits per heavy atom.